The Labute approximate surface area is 70.5 Å². The molecule has 1 saturated heterocycles. The average Bonchev–Trinajstić information content (AvgIpc) is 2.30. The molecule has 1 aliphatic rings. The highest BCUT2D eigenvalue weighted by Crippen LogP contribution is 2.09. The maximum atomic E-state index is 11.0. The summed E-state index contributed by atoms with van der Waals surface area (Å²) in [4.78, 5) is 21.2. The minimum atomic E-state index is -0.831. The van der Waals surface area contributed by atoms with Gasteiger partial charge in [-0.2, -0.15) is 0 Å². The molecule has 0 aromatic heterocycles. The van der Waals surface area contributed by atoms with E-state index >= 15 is 0 Å². The van der Waals surface area contributed by atoms with Crippen LogP contribution in [0.25, 0.3) is 0 Å². The van der Waals surface area contributed by atoms with Gasteiger partial charge in [0.1, 0.15) is 0 Å². The van der Waals surface area contributed by atoms with Crippen LogP contribution in [0.5, 0.6) is 0 Å². The van der Waals surface area contributed by atoms with Crippen molar-refractivity contribution in [2.24, 2.45) is 0 Å². The molecule has 1 amide bonds. The zero-order valence-electron chi connectivity index (χ0n) is 6.99. The van der Waals surface area contributed by atoms with E-state index in [0.717, 1.165) is 0 Å². The van der Waals surface area contributed by atoms with Gasteiger partial charge >= 0.3 is 5.97 Å². The lowest BCUT2D eigenvalue weighted by atomic mass is 10.4. The standard InChI is InChI=1S/C7H12N2O3/c1-8-6(10)2-4-9(8)5-3-7(11)12/h2-5H2,1H3,(H,11,12). The molecule has 0 bridgehead atoms. The van der Waals surface area contributed by atoms with E-state index in [1.807, 2.05) is 0 Å². The summed E-state index contributed by atoms with van der Waals surface area (Å²) in [6.45, 7) is 1.06. The molecule has 5 nitrogen and oxygen atoms in total. The summed E-state index contributed by atoms with van der Waals surface area (Å²) in [7, 11) is 1.66. The molecule has 0 radical (unpaired) electrons. The summed E-state index contributed by atoms with van der Waals surface area (Å²) in [6.07, 6.45) is 0.577. The quantitative estimate of drug-likeness (QED) is 0.625. The predicted molar refractivity (Wildman–Crippen MR) is 41.2 cm³/mol. The van der Waals surface area contributed by atoms with Crippen LogP contribution in [0.3, 0.4) is 0 Å². The lowest BCUT2D eigenvalue weighted by molar-refractivity contribution is -0.141. The number of carbonyl (C=O) groups excluding carboxylic acids is 1. The third-order valence-corrected chi connectivity index (χ3v) is 1.95. The second kappa shape index (κ2) is 3.53. The summed E-state index contributed by atoms with van der Waals surface area (Å²) >= 11 is 0. The Hall–Kier alpha value is -1.10. The summed E-state index contributed by atoms with van der Waals surface area (Å²) in [5, 5.41) is 11.6. The van der Waals surface area contributed by atoms with Crippen molar-refractivity contribution in [3.8, 4) is 0 Å². The van der Waals surface area contributed by atoms with Crippen molar-refractivity contribution >= 4 is 11.9 Å². The number of rotatable bonds is 3. The number of carbonyl (C=O) groups is 2. The average molecular weight is 172 g/mol. The predicted octanol–water partition coefficient (Wildman–Crippen LogP) is -0.460. The number of aliphatic carboxylic acids is 1. The van der Waals surface area contributed by atoms with Gasteiger partial charge in [0, 0.05) is 26.6 Å². The number of nitrogens with zero attached hydrogens (tertiary/aromatic N) is 2. The summed E-state index contributed by atoms with van der Waals surface area (Å²) < 4.78 is 0. The van der Waals surface area contributed by atoms with Gasteiger partial charge in [0.15, 0.2) is 0 Å². The van der Waals surface area contributed by atoms with Gasteiger partial charge in [-0.3, -0.25) is 14.6 Å². The van der Waals surface area contributed by atoms with E-state index in [0.29, 0.717) is 19.5 Å². The van der Waals surface area contributed by atoms with Crippen molar-refractivity contribution in [3.05, 3.63) is 0 Å². The molecular weight excluding hydrogens is 160 g/mol. The van der Waals surface area contributed by atoms with Crippen LogP contribution in [-0.4, -0.2) is 47.1 Å². The zero-order valence-corrected chi connectivity index (χ0v) is 6.99. The van der Waals surface area contributed by atoms with Gasteiger partial charge in [0.25, 0.3) is 0 Å². The van der Waals surface area contributed by atoms with Crippen LogP contribution in [-0.2, 0) is 9.59 Å². The second-order valence-electron chi connectivity index (χ2n) is 2.76. The van der Waals surface area contributed by atoms with E-state index in [1.54, 1.807) is 12.1 Å². The molecule has 0 aromatic carbocycles. The first-order valence-electron chi connectivity index (χ1n) is 3.84. The van der Waals surface area contributed by atoms with Crippen LogP contribution in [0.4, 0.5) is 0 Å². The van der Waals surface area contributed by atoms with E-state index in [-0.39, 0.29) is 12.3 Å². The first-order chi connectivity index (χ1) is 5.61. The summed E-state index contributed by atoms with van der Waals surface area (Å²) in [5.41, 5.74) is 0. The van der Waals surface area contributed by atoms with Crippen molar-refractivity contribution < 1.29 is 14.7 Å². The van der Waals surface area contributed by atoms with Crippen molar-refractivity contribution in [2.75, 3.05) is 20.1 Å². The Morgan fingerprint density at radius 3 is 2.75 bits per heavy atom. The first-order valence-corrected chi connectivity index (χ1v) is 3.84. The molecule has 5 heteroatoms. The van der Waals surface area contributed by atoms with Crippen molar-refractivity contribution in [1.29, 1.82) is 0 Å². The minimum absolute atomic E-state index is 0.0559. The Balaban J connectivity index is 2.34. The van der Waals surface area contributed by atoms with E-state index in [1.165, 1.54) is 5.01 Å². The van der Waals surface area contributed by atoms with Gasteiger partial charge in [0.05, 0.1) is 6.42 Å². The molecule has 1 rings (SSSR count). The molecule has 1 aliphatic heterocycles. The Bertz CT molecular complexity index is 205. The van der Waals surface area contributed by atoms with Gasteiger partial charge in [0.2, 0.25) is 5.91 Å². The fraction of sp³-hybridized carbons (Fsp3) is 0.714. The molecule has 1 N–H and O–H groups in total. The smallest absolute Gasteiger partial charge is 0.304 e. The van der Waals surface area contributed by atoms with Crippen LogP contribution < -0.4 is 0 Å². The van der Waals surface area contributed by atoms with Gasteiger partial charge in [-0.05, 0) is 0 Å². The van der Waals surface area contributed by atoms with E-state index < -0.39 is 5.97 Å². The Kier molecular flexibility index (Phi) is 2.65. The maximum absolute atomic E-state index is 11.0. The van der Waals surface area contributed by atoms with Crippen LogP contribution in [0, 0.1) is 0 Å². The minimum Gasteiger partial charge on any atom is -0.481 e. The van der Waals surface area contributed by atoms with Gasteiger partial charge in [-0.25, -0.2) is 5.01 Å². The molecule has 0 aromatic rings. The normalized spacial score (nSPS) is 18.8. The van der Waals surface area contributed by atoms with Gasteiger partial charge < -0.3 is 5.11 Å². The fourth-order valence-corrected chi connectivity index (χ4v) is 1.18. The Morgan fingerprint density at radius 1 is 1.67 bits per heavy atom. The van der Waals surface area contributed by atoms with E-state index in [9.17, 15) is 9.59 Å². The molecular formula is C7H12N2O3. The topological polar surface area (TPSA) is 60.9 Å². The third-order valence-electron chi connectivity index (χ3n) is 1.95. The molecule has 1 heterocycles. The number of hydrogen-bond donors (Lipinski definition) is 1. The lowest BCUT2D eigenvalue weighted by Gasteiger charge is -2.22. The number of hydrazine groups is 1. The molecule has 0 saturated carbocycles. The first kappa shape index (κ1) is 8.99. The highest BCUT2D eigenvalue weighted by atomic mass is 16.4. The van der Waals surface area contributed by atoms with Crippen molar-refractivity contribution in [2.45, 2.75) is 12.8 Å². The molecule has 0 unspecified atom stereocenters. The SMILES string of the molecule is CN1C(=O)CCN1CCC(=O)O. The van der Waals surface area contributed by atoms with Gasteiger partial charge in [-0.15, -0.1) is 0 Å². The fourth-order valence-electron chi connectivity index (χ4n) is 1.18. The molecule has 12 heavy (non-hydrogen) atoms. The molecule has 1 fully saturated rings. The van der Waals surface area contributed by atoms with Crippen molar-refractivity contribution in [3.63, 3.8) is 0 Å². The highest BCUT2D eigenvalue weighted by Gasteiger charge is 2.24. The second-order valence-corrected chi connectivity index (χ2v) is 2.76. The Morgan fingerprint density at radius 2 is 2.33 bits per heavy atom. The monoisotopic (exact) mass is 172 g/mol. The lowest BCUT2D eigenvalue weighted by Crippen LogP contribution is -2.36. The van der Waals surface area contributed by atoms with Crippen LogP contribution >= 0.6 is 0 Å². The maximum Gasteiger partial charge on any atom is 0.304 e. The van der Waals surface area contributed by atoms with Gasteiger partial charge in [-0.1, -0.05) is 0 Å². The van der Waals surface area contributed by atoms with Crippen LogP contribution in [0.15, 0.2) is 0 Å². The van der Waals surface area contributed by atoms with E-state index in [2.05, 4.69) is 0 Å². The molecule has 0 spiro atoms. The van der Waals surface area contributed by atoms with Crippen molar-refractivity contribution in [1.82, 2.24) is 10.0 Å². The largest absolute Gasteiger partial charge is 0.481 e. The summed E-state index contributed by atoms with van der Waals surface area (Å²) in [5.74, 6) is -0.775. The van der Waals surface area contributed by atoms with Crippen LogP contribution in [0.2, 0.25) is 0 Å². The number of amides is 1. The number of carboxylic acids is 1. The number of hydrogen-bond acceptors (Lipinski definition) is 3. The summed E-state index contributed by atoms with van der Waals surface area (Å²) in [6, 6.07) is 0. The van der Waals surface area contributed by atoms with Crippen LogP contribution in [0.1, 0.15) is 12.8 Å². The number of carboxylic acid groups (broad SMARTS) is 1. The molecule has 0 aliphatic carbocycles. The van der Waals surface area contributed by atoms with E-state index in [4.69, 9.17) is 5.11 Å². The third kappa shape index (κ3) is 1.94. The zero-order chi connectivity index (χ0) is 9.14. The molecule has 68 valence electrons. The molecule has 0 atom stereocenters. The highest BCUT2D eigenvalue weighted by molar-refractivity contribution is 5.77.